The van der Waals surface area contributed by atoms with E-state index in [1.165, 1.54) is 93.0 Å². The molecule has 4 nitrogen and oxygen atoms in total. The SMILES string of the molecule is Cc1cc(CN2CCCN(C)CC2)ccc1-c1ccc(CN2CCCN(C)CC2)cc1. The summed E-state index contributed by atoms with van der Waals surface area (Å²) in [6.07, 6.45) is 2.54. The average molecular weight is 421 g/mol. The van der Waals surface area contributed by atoms with E-state index in [1.54, 1.807) is 0 Å². The molecular formula is C27H40N4. The van der Waals surface area contributed by atoms with E-state index in [2.05, 4.69) is 83.1 Å². The largest absolute Gasteiger partial charge is 0.305 e. The van der Waals surface area contributed by atoms with Gasteiger partial charge in [0.2, 0.25) is 0 Å². The molecule has 0 N–H and O–H groups in total. The zero-order chi connectivity index (χ0) is 21.6. The minimum atomic E-state index is 1.07. The van der Waals surface area contributed by atoms with Gasteiger partial charge in [0.15, 0.2) is 0 Å². The summed E-state index contributed by atoms with van der Waals surface area (Å²) in [5.41, 5.74) is 6.94. The van der Waals surface area contributed by atoms with Gasteiger partial charge in [0.05, 0.1) is 0 Å². The van der Waals surface area contributed by atoms with Crippen molar-refractivity contribution in [2.24, 2.45) is 0 Å². The molecule has 0 bridgehead atoms. The lowest BCUT2D eigenvalue weighted by Gasteiger charge is -2.21. The Morgan fingerprint density at radius 3 is 1.74 bits per heavy atom. The van der Waals surface area contributed by atoms with Gasteiger partial charge in [-0.3, -0.25) is 9.80 Å². The van der Waals surface area contributed by atoms with Gasteiger partial charge in [-0.05, 0) is 87.9 Å². The lowest BCUT2D eigenvalue weighted by atomic mass is 9.97. The van der Waals surface area contributed by atoms with Crippen LogP contribution in [0, 0.1) is 6.92 Å². The second-order valence-electron chi connectivity index (χ2n) is 9.71. The third kappa shape index (κ3) is 6.39. The van der Waals surface area contributed by atoms with Gasteiger partial charge >= 0.3 is 0 Å². The Bertz CT molecular complexity index is 832. The van der Waals surface area contributed by atoms with Crippen molar-refractivity contribution in [2.75, 3.05) is 66.5 Å². The Morgan fingerprint density at radius 2 is 1.16 bits per heavy atom. The second kappa shape index (κ2) is 10.7. The zero-order valence-corrected chi connectivity index (χ0v) is 19.8. The predicted molar refractivity (Wildman–Crippen MR) is 131 cm³/mol. The molecule has 168 valence electrons. The molecule has 2 saturated heterocycles. The van der Waals surface area contributed by atoms with Crippen molar-refractivity contribution < 1.29 is 0 Å². The van der Waals surface area contributed by atoms with Gasteiger partial charge in [-0.2, -0.15) is 0 Å². The van der Waals surface area contributed by atoms with E-state index >= 15 is 0 Å². The van der Waals surface area contributed by atoms with Crippen molar-refractivity contribution >= 4 is 0 Å². The summed E-state index contributed by atoms with van der Waals surface area (Å²) in [6.45, 7) is 14.0. The first kappa shape index (κ1) is 22.5. The lowest BCUT2D eigenvalue weighted by molar-refractivity contribution is 0.269. The molecule has 2 heterocycles. The van der Waals surface area contributed by atoms with Gasteiger partial charge < -0.3 is 9.80 Å². The van der Waals surface area contributed by atoms with Crippen LogP contribution >= 0.6 is 0 Å². The number of likely N-dealkylation sites (N-methyl/N-ethyl adjacent to an activating group) is 2. The van der Waals surface area contributed by atoms with Gasteiger partial charge in [0, 0.05) is 39.3 Å². The summed E-state index contributed by atoms with van der Waals surface area (Å²) in [6, 6.07) is 16.3. The highest BCUT2D eigenvalue weighted by Crippen LogP contribution is 2.26. The Morgan fingerprint density at radius 1 is 0.613 bits per heavy atom. The minimum Gasteiger partial charge on any atom is -0.305 e. The van der Waals surface area contributed by atoms with Gasteiger partial charge in [0.1, 0.15) is 0 Å². The Labute approximate surface area is 189 Å². The van der Waals surface area contributed by atoms with Crippen LogP contribution in [0.25, 0.3) is 11.1 Å². The molecule has 0 radical (unpaired) electrons. The van der Waals surface area contributed by atoms with E-state index in [9.17, 15) is 0 Å². The average Bonchev–Trinajstić information content (AvgIpc) is 3.09. The maximum absolute atomic E-state index is 2.60. The second-order valence-corrected chi connectivity index (χ2v) is 9.71. The monoisotopic (exact) mass is 420 g/mol. The maximum Gasteiger partial charge on any atom is 0.0234 e. The molecule has 0 saturated carbocycles. The molecule has 0 atom stereocenters. The molecule has 2 aromatic carbocycles. The summed E-state index contributed by atoms with van der Waals surface area (Å²) in [7, 11) is 4.47. The summed E-state index contributed by atoms with van der Waals surface area (Å²) in [5, 5.41) is 0. The van der Waals surface area contributed by atoms with Crippen LogP contribution in [-0.2, 0) is 13.1 Å². The normalized spacial score (nSPS) is 20.5. The van der Waals surface area contributed by atoms with Crippen LogP contribution in [0.3, 0.4) is 0 Å². The minimum absolute atomic E-state index is 1.07. The summed E-state index contributed by atoms with van der Waals surface area (Å²) in [4.78, 5) is 10.1. The van der Waals surface area contributed by atoms with Crippen molar-refractivity contribution in [3.63, 3.8) is 0 Å². The van der Waals surface area contributed by atoms with E-state index in [-0.39, 0.29) is 0 Å². The summed E-state index contributed by atoms with van der Waals surface area (Å²) >= 11 is 0. The zero-order valence-electron chi connectivity index (χ0n) is 19.8. The number of aryl methyl sites for hydroxylation is 1. The molecule has 2 fully saturated rings. The molecular weight excluding hydrogens is 380 g/mol. The van der Waals surface area contributed by atoms with Crippen molar-refractivity contribution in [2.45, 2.75) is 32.9 Å². The quantitative estimate of drug-likeness (QED) is 0.726. The fourth-order valence-electron chi connectivity index (χ4n) is 4.97. The smallest absolute Gasteiger partial charge is 0.0234 e. The standard InChI is InChI=1S/C27H40N4/c1-23-20-25(22-31-15-5-13-29(3)17-19-31)8-11-27(23)26-9-6-24(7-10-26)21-30-14-4-12-28(2)16-18-30/h6-11,20H,4-5,12-19,21-22H2,1-3H3. The van der Waals surface area contributed by atoms with Crippen molar-refractivity contribution in [3.8, 4) is 11.1 Å². The number of benzene rings is 2. The van der Waals surface area contributed by atoms with Crippen molar-refractivity contribution in [3.05, 3.63) is 59.2 Å². The summed E-state index contributed by atoms with van der Waals surface area (Å²) < 4.78 is 0. The molecule has 0 amide bonds. The first-order chi connectivity index (χ1) is 15.1. The highest BCUT2D eigenvalue weighted by Gasteiger charge is 2.14. The van der Waals surface area contributed by atoms with E-state index in [1.807, 2.05) is 0 Å². The first-order valence-corrected chi connectivity index (χ1v) is 12.1. The molecule has 4 heteroatoms. The van der Waals surface area contributed by atoms with E-state index in [4.69, 9.17) is 0 Å². The van der Waals surface area contributed by atoms with Gasteiger partial charge in [-0.25, -0.2) is 0 Å². The van der Waals surface area contributed by atoms with Crippen LogP contribution in [0.4, 0.5) is 0 Å². The van der Waals surface area contributed by atoms with Gasteiger partial charge in [0.25, 0.3) is 0 Å². The molecule has 31 heavy (non-hydrogen) atoms. The molecule has 4 rings (SSSR count). The molecule has 0 unspecified atom stereocenters. The Hall–Kier alpha value is -1.72. The van der Waals surface area contributed by atoms with Crippen LogP contribution in [0.5, 0.6) is 0 Å². The molecule has 0 spiro atoms. The first-order valence-electron chi connectivity index (χ1n) is 12.1. The Kier molecular flexibility index (Phi) is 7.78. The number of rotatable bonds is 5. The van der Waals surface area contributed by atoms with Crippen LogP contribution in [0.15, 0.2) is 42.5 Å². The fraction of sp³-hybridized carbons (Fsp3) is 0.556. The topological polar surface area (TPSA) is 13.0 Å². The molecule has 2 aromatic rings. The lowest BCUT2D eigenvalue weighted by Crippen LogP contribution is -2.28. The highest BCUT2D eigenvalue weighted by molar-refractivity contribution is 5.67. The fourth-order valence-corrected chi connectivity index (χ4v) is 4.97. The summed E-state index contributed by atoms with van der Waals surface area (Å²) in [5.74, 6) is 0. The maximum atomic E-state index is 2.60. The van der Waals surface area contributed by atoms with Crippen molar-refractivity contribution in [1.29, 1.82) is 0 Å². The number of hydrogen-bond acceptors (Lipinski definition) is 4. The molecule has 2 aliphatic heterocycles. The molecule has 0 aromatic heterocycles. The Balaban J connectivity index is 1.37. The van der Waals surface area contributed by atoms with Crippen LogP contribution in [-0.4, -0.2) is 86.1 Å². The molecule has 2 aliphatic rings. The van der Waals surface area contributed by atoms with Crippen molar-refractivity contribution in [1.82, 2.24) is 19.6 Å². The predicted octanol–water partition coefficient (Wildman–Crippen LogP) is 3.94. The number of nitrogens with zero attached hydrogens (tertiary/aromatic N) is 4. The van der Waals surface area contributed by atoms with E-state index in [0.29, 0.717) is 0 Å². The van der Waals surface area contributed by atoms with Crippen LogP contribution < -0.4 is 0 Å². The van der Waals surface area contributed by atoms with E-state index in [0.717, 1.165) is 13.1 Å². The van der Waals surface area contributed by atoms with Crippen LogP contribution in [0.1, 0.15) is 29.5 Å². The van der Waals surface area contributed by atoms with Gasteiger partial charge in [-0.1, -0.05) is 42.5 Å². The third-order valence-electron chi connectivity index (χ3n) is 6.99. The third-order valence-corrected chi connectivity index (χ3v) is 6.99. The number of hydrogen-bond donors (Lipinski definition) is 0. The highest BCUT2D eigenvalue weighted by atomic mass is 15.2. The molecule has 0 aliphatic carbocycles. The van der Waals surface area contributed by atoms with Gasteiger partial charge in [-0.15, -0.1) is 0 Å². The van der Waals surface area contributed by atoms with E-state index < -0.39 is 0 Å². The van der Waals surface area contributed by atoms with Crippen LogP contribution in [0.2, 0.25) is 0 Å².